The second kappa shape index (κ2) is 8.23. The Morgan fingerprint density at radius 2 is 1.20 bits per heavy atom. The van der Waals surface area contributed by atoms with E-state index in [0.717, 1.165) is 0 Å². The molecular formula is C6H11F3Si. The Kier molecular flexibility index (Phi) is 13.3. The van der Waals surface area contributed by atoms with Crippen molar-refractivity contribution in [3.63, 3.8) is 0 Å². The third-order valence-corrected chi connectivity index (χ3v) is 1.61. The van der Waals surface area contributed by atoms with Crippen LogP contribution in [-0.2, 0) is 0 Å². The zero-order chi connectivity index (χ0) is 5.11. The van der Waals surface area contributed by atoms with Crippen molar-refractivity contribution < 1.29 is 14.1 Å². The molecule has 0 nitrogen and oxygen atoms in total. The molecule has 0 spiro atoms. The van der Waals surface area contributed by atoms with Crippen LogP contribution >= 0.6 is 0 Å². The van der Waals surface area contributed by atoms with Crippen molar-refractivity contribution in [1.29, 1.82) is 0 Å². The van der Waals surface area contributed by atoms with E-state index in [1.807, 2.05) is 6.07 Å². The summed E-state index contributed by atoms with van der Waals surface area (Å²) in [5.41, 5.74) is 0. The molecule has 0 aliphatic carbocycles. The lowest BCUT2D eigenvalue weighted by Crippen LogP contribution is -1.97. The maximum absolute atomic E-state index is 2.15. The smallest absolute Gasteiger partial charge is 0.0384 e. The van der Waals surface area contributed by atoms with Gasteiger partial charge in [-0.3, -0.25) is 14.1 Å². The molecule has 0 bridgehead atoms. The summed E-state index contributed by atoms with van der Waals surface area (Å²) in [7, 11) is 1.17. The van der Waals surface area contributed by atoms with Gasteiger partial charge < -0.3 is 0 Å². The van der Waals surface area contributed by atoms with Crippen molar-refractivity contribution in [2.24, 2.45) is 0 Å². The number of hydrogen-bond donors (Lipinski definition) is 0. The van der Waals surface area contributed by atoms with E-state index < -0.39 is 0 Å². The van der Waals surface area contributed by atoms with Gasteiger partial charge in [-0.15, -0.1) is 0 Å². The molecule has 0 aromatic heterocycles. The van der Waals surface area contributed by atoms with E-state index in [4.69, 9.17) is 0 Å². The molecule has 0 atom stereocenters. The Hall–Kier alpha value is -0.773. The molecule has 4 heteroatoms. The largest absolute Gasteiger partial charge is 0.269 e. The standard InChI is InChI=1S/C6H8Si.3FH/c7-6-4-2-1-3-5-6;;;/h1-5H,7H3;3*1H. The van der Waals surface area contributed by atoms with Crippen LogP contribution < -0.4 is 5.19 Å². The van der Waals surface area contributed by atoms with Gasteiger partial charge in [-0.1, -0.05) is 35.5 Å². The van der Waals surface area contributed by atoms with Gasteiger partial charge in [0.2, 0.25) is 0 Å². The summed E-state index contributed by atoms with van der Waals surface area (Å²) in [6, 6.07) is 10.5. The lowest BCUT2D eigenvalue weighted by Gasteiger charge is -1.82. The zero-order valence-electron chi connectivity index (χ0n) is 5.61. The average Bonchev–Trinajstić information content (AvgIpc) is 1.69. The van der Waals surface area contributed by atoms with E-state index in [1.165, 1.54) is 15.4 Å². The summed E-state index contributed by atoms with van der Waals surface area (Å²) in [4.78, 5) is 0. The summed E-state index contributed by atoms with van der Waals surface area (Å²) in [5.74, 6) is 0. The molecule has 0 N–H and O–H groups in total. The van der Waals surface area contributed by atoms with Gasteiger partial charge in [-0.2, -0.15) is 0 Å². The minimum absolute atomic E-state index is 0. The van der Waals surface area contributed by atoms with Gasteiger partial charge in [-0.25, -0.2) is 0 Å². The van der Waals surface area contributed by atoms with Gasteiger partial charge in [0.05, 0.1) is 0 Å². The second-order valence-electron chi connectivity index (χ2n) is 1.65. The third kappa shape index (κ3) is 5.37. The van der Waals surface area contributed by atoms with Crippen LogP contribution in [-0.4, -0.2) is 10.2 Å². The van der Waals surface area contributed by atoms with Crippen LogP contribution in [0.1, 0.15) is 0 Å². The first-order valence-electron chi connectivity index (χ1n) is 2.41. The van der Waals surface area contributed by atoms with Crippen molar-refractivity contribution in [3.8, 4) is 0 Å². The van der Waals surface area contributed by atoms with Gasteiger partial charge in [0.25, 0.3) is 0 Å². The van der Waals surface area contributed by atoms with Crippen LogP contribution in [0.15, 0.2) is 30.3 Å². The minimum atomic E-state index is 0. The Morgan fingerprint density at radius 1 is 0.800 bits per heavy atom. The average molecular weight is 168 g/mol. The van der Waals surface area contributed by atoms with E-state index in [1.54, 1.807) is 0 Å². The molecule has 0 unspecified atom stereocenters. The van der Waals surface area contributed by atoms with Gasteiger partial charge in [0, 0.05) is 10.2 Å². The SMILES string of the molecule is F.F.F.[SiH3]c1ccccc1. The highest BCUT2D eigenvalue weighted by atomic mass is 28.1. The lowest BCUT2D eigenvalue weighted by atomic mass is 10.4. The summed E-state index contributed by atoms with van der Waals surface area (Å²) in [5, 5.41) is 1.46. The monoisotopic (exact) mass is 168 g/mol. The Morgan fingerprint density at radius 3 is 1.40 bits per heavy atom. The van der Waals surface area contributed by atoms with Crippen molar-refractivity contribution in [2.45, 2.75) is 0 Å². The molecule has 0 amide bonds. The highest BCUT2D eigenvalue weighted by Crippen LogP contribution is 1.76. The fourth-order valence-electron chi connectivity index (χ4n) is 0.534. The molecule has 0 aliphatic rings. The number of rotatable bonds is 0. The molecule has 10 heavy (non-hydrogen) atoms. The fraction of sp³-hybridized carbons (Fsp3) is 0. The third-order valence-electron chi connectivity index (χ3n) is 0.940. The molecule has 0 aliphatic heterocycles. The van der Waals surface area contributed by atoms with Crippen LogP contribution in [0.4, 0.5) is 14.1 Å². The van der Waals surface area contributed by atoms with E-state index in [9.17, 15) is 0 Å². The van der Waals surface area contributed by atoms with Crippen LogP contribution in [0.3, 0.4) is 0 Å². The predicted molar refractivity (Wildman–Crippen MR) is 43.5 cm³/mol. The van der Waals surface area contributed by atoms with Crippen LogP contribution in [0, 0.1) is 0 Å². The van der Waals surface area contributed by atoms with Crippen molar-refractivity contribution in [3.05, 3.63) is 30.3 Å². The van der Waals surface area contributed by atoms with Gasteiger partial charge in [0.1, 0.15) is 0 Å². The summed E-state index contributed by atoms with van der Waals surface area (Å²) in [6.07, 6.45) is 0. The van der Waals surface area contributed by atoms with Crippen LogP contribution in [0.2, 0.25) is 0 Å². The van der Waals surface area contributed by atoms with Gasteiger partial charge >= 0.3 is 0 Å². The topological polar surface area (TPSA) is 0 Å². The first kappa shape index (κ1) is 16.1. The molecule has 0 fully saturated rings. The maximum atomic E-state index is 2.15. The molecule has 60 valence electrons. The van der Waals surface area contributed by atoms with Crippen molar-refractivity contribution >= 4 is 15.4 Å². The normalized spacial score (nSPS) is 6.40. The molecular weight excluding hydrogens is 157 g/mol. The van der Waals surface area contributed by atoms with Crippen LogP contribution in [0.25, 0.3) is 0 Å². The number of benzene rings is 1. The summed E-state index contributed by atoms with van der Waals surface area (Å²) < 4.78 is 0. The molecule has 0 saturated heterocycles. The number of hydrogen-bond acceptors (Lipinski definition) is 0. The number of halogens is 3. The molecule has 0 saturated carbocycles. The quantitative estimate of drug-likeness (QED) is 0.483. The molecule has 1 rings (SSSR count). The fourth-order valence-corrected chi connectivity index (χ4v) is 0.919. The highest BCUT2D eigenvalue weighted by Gasteiger charge is 1.72. The van der Waals surface area contributed by atoms with Gasteiger partial charge in [-0.05, 0) is 0 Å². The van der Waals surface area contributed by atoms with E-state index in [0.29, 0.717) is 0 Å². The molecule has 0 radical (unpaired) electrons. The summed E-state index contributed by atoms with van der Waals surface area (Å²) >= 11 is 0. The van der Waals surface area contributed by atoms with E-state index in [2.05, 4.69) is 24.3 Å². The van der Waals surface area contributed by atoms with E-state index in [-0.39, 0.29) is 14.1 Å². The van der Waals surface area contributed by atoms with Crippen LogP contribution in [0.5, 0.6) is 0 Å². The highest BCUT2D eigenvalue weighted by molar-refractivity contribution is 6.32. The van der Waals surface area contributed by atoms with Crippen molar-refractivity contribution in [2.75, 3.05) is 0 Å². The van der Waals surface area contributed by atoms with Crippen molar-refractivity contribution in [1.82, 2.24) is 0 Å². The zero-order valence-corrected chi connectivity index (χ0v) is 7.61. The molecule has 0 heterocycles. The second-order valence-corrected chi connectivity index (χ2v) is 2.81. The Bertz CT molecular complexity index is 143. The first-order valence-corrected chi connectivity index (χ1v) is 3.41. The Labute approximate surface area is 60.8 Å². The first-order chi connectivity index (χ1) is 3.39. The maximum Gasteiger partial charge on any atom is 0.0384 e. The lowest BCUT2D eigenvalue weighted by molar-refractivity contribution is 1.11. The minimum Gasteiger partial charge on any atom is -0.269 e. The molecule has 1 aromatic carbocycles. The Balaban J connectivity index is -0.000000163. The van der Waals surface area contributed by atoms with Gasteiger partial charge in [0.15, 0.2) is 0 Å². The predicted octanol–water partition coefficient (Wildman–Crippen LogP) is 0.135. The summed E-state index contributed by atoms with van der Waals surface area (Å²) in [6.45, 7) is 0. The molecule has 1 aromatic rings. The van der Waals surface area contributed by atoms with E-state index >= 15 is 0 Å².